The first-order valence-electron chi connectivity index (χ1n) is 4.43. The highest BCUT2D eigenvalue weighted by molar-refractivity contribution is 5.08. The Morgan fingerprint density at radius 3 is 2.55 bits per heavy atom. The van der Waals surface area contributed by atoms with Crippen molar-refractivity contribution in [2.24, 2.45) is 5.41 Å². The zero-order valence-electron chi connectivity index (χ0n) is 6.95. The molecule has 2 heteroatoms. The summed E-state index contributed by atoms with van der Waals surface area (Å²) in [5.41, 5.74) is 1.81. The van der Waals surface area contributed by atoms with E-state index >= 15 is 0 Å². The van der Waals surface area contributed by atoms with Gasteiger partial charge in [-0.1, -0.05) is 6.58 Å². The molecule has 2 nitrogen and oxygen atoms in total. The van der Waals surface area contributed by atoms with Crippen molar-refractivity contribution in [2.75, 3.05) is 19.6 Å². The molecule has 0 amide bonds. The van der Waals surface area contributed by atoms with Gasteiger partial charge >= 0.3 is 0 Å². The lowest BCUT2D eigenvalue weighted by Crippen LogP contribution is -2.37. The van der Waals surface area contributed by atoms with E-state index in [-0.39, 0.29) is 0 Å². The zero-order valence-corrected chi connectivity index (χ0v) is 6.95. The normalized spacial score (nSPS) is 28.9. The second-order valence-corrected chi connectivity index (χ2v) is 3.88. The molecule has 2 aliphatic rings. The Balaban J connectivity index is 2.03. The molecule has 2 saturated heterocycles. The van der Waals surface area contributed by atoms with Crippen molar-refractivity contribution in [3.63, 3.8) is 0 Å². The molecular weight excluding hydrogens is 136 g/mol. The predicted octanol–water partition coefficient (Wildman–Crippen LogP) is 0.863. The van der Waals surface area contributed by atoms with E-state index in [1.165, 1.54) is 38.0 Å². The van der Waals surface area contributed by atoms with Crippen LogP contribution in [0.25, 0.3) is 0 Å². The first-order valence-corrected chi connectivity index (χ1v) is 4.43. The van der Waals surface area contributed by atoms with Gasteiger partial charge in [-0.15, -0.1) is 0 Å². The van der Waals surface area contributed by atoms with Crippen LogP contribution in [0.5, 0.6) is 0 Å². The second-order valence-electron chi connectivity index (χ2n) is 3.88. The zero-order chi connectivity index (χ0) is 7.73. The predicted molar refractivity (Wildman–Crippen MR) is 46.3 cm³/mol. The number of piperidine rings is 1. The lowest BCUT2D eigenvalue weighted by molar-refractivity contribution is 0.232. The van der Waals surface area contributed by atoms with Crippen LogP contribution < -0.4 is 10.6 Å². The summed E-state index contributed by atoms with van der Waals surface area (Å²) in [4.78, 5) is 0. The van der Waals surface area contributed by atoms with Crippen molar-refractivity contribution in [1.82, 2.24) is 10.6 Å². The first-order chi connectivity index (χ1) is 5.31. The van der Waals surface area contributed by atoms with Crippen molar-refractivity contribution in [3.05, 3.63) is 12.3 Å². The van der Waals surface area contributed by atoms with Crippen LogP contribution >= 0.6 is 0 Å². The van der Waals surface area contributed by atoms with Crippen molar-refractivity contribution in [1.29, 1.82) is 0 Å². The van der Waals surface area contributed by atoms with E-state index in [1.54, 1.807) is 0 Å². The van der Waals surface area contributed by atoms with Crippen LogP contribution in [-0.2, 0) is 0 Å². The Morgan fingerprint density at radius 2 is 2.00 bits per heavy atom. The van der Waals surface area contributed by atoms with Gasteiger partial charge in [0.25, 0.3) is 0 Å². The molecule has 0 aromatic heterocycles. The van der Waals surface area contributed by atoms with Gasteiger partial charge in [0, 0.05) is 12.2 Å². The number of hydrogen-bond acceptors (Lipinski definition) is 2. The monoisotopic (exact) mass is 152 g/mol. The van der Waals surface area contributed by atoms with Gasteiger partial charge < -0.3 is 10.6 Å². The number of rotatable bonds is 0. The highest BCUT2D eigenvalue weighted by Crippen LogP contribution is 2.37. The Hall–Kier alpha value is -0.500. The summed E-state index contributed by atoms with van der Waals surface area (Å²) in [5.74, 6) is 0. The van der Waals surface area contributed by atoms with Crippen LogP contribution in [0.2, 0.25) is 0 Å². The Morgan fingerprint density at radius 1 is 1.27 bits per heavy atom. The summed E-state index contributed by atoms with van der Waals surface area (Å²) in [7, 11) is 0. The van der Waals surface area contributed by atoms with Crippen LogP contribution in [0.15, 0.2) is 12.3 Å². The smallest absolute Gasteiger partial charge is 0.0205 e. The van der Waals surface area contributed by atoms with E-state index in [0.29, 0.717) is 5.41 Å². The standard InChI is InChI=1S/C9H16N2/c1-8-6-9(7-11-8)2-4-10-5-3-9/h10-11H,1-7H2. The summed E-state index contributed by atoms with van der Waals surface area (Å²) in [6.45, 7) is 7.51. The van der Waals surface area contributed by atoms with Gasteiger partial charge in [0.1, 0.15) is 0 Å². The Bertz CT molecular complexity index is 168. The topological polar surface area (TPSA) is 24.1 Å². The SMILES string of the molecule is C=C1CC2(CCNCC2)CN1. The number of allylic oxidation sites excluding steroid dienone is 1. The first kappa shape index (κ1) is 7.17. The maximum Gasteiger partial charge on any atom is 0.0205 e. The third kappa shape index (κ3) is 1.27. The Kier molecular flexibility index (Phi) is 1.64. The average molecular weight is 152 g/mol. The van der Waals surface area contributed by atoms with E-state index in [9.17, 15) is 0 Å². The molecule has 0 atom stereocenters. The molecule has 2 heterocycles. The summed E-state index contributed by atoms with van der Waals surface area (Å²) in [6, 6.07) is 0. The van der Waals surface area contributed by atoms with Crippen molar-refractivity contribution >= 4 is 0 Å². The lowest BCUT2D eigenvalue weighted by atomic mass is 9.78. The van der Waals surface area contributed by atoms with Gasteiger partial charge in [0.05, 0.1) is 0 Å². The number of hydrogen-bond donors (Lipinski definition) is 2. The largest absolute Gasteiger partial charge is 0.388 e. The molecule has 0 unspecified atom stereocenters. The molecule has 62 valence electrons. The molecule has 0 aromatic rings. The summed E-state index contributed by atoms with van der Waals surface area (Å²) >= 11 is 0. The van der Waals surface area contributed by atoms with Crippen molar-refractivity contribution in [2.45, 2.75) is 19.3 Å². The molecule has 0 saturated carbocycles. The highest BCUT2D eigenvalue weighted by atomic mass is 15.0. The summed E-state index contributed by atoms with van der Waals surface area (Å²) < 4.78 is 0. The molecular formula is C9H16N2. The summed E-state index contributed by atoms with van der Waals surface area (Å²) in [5, 5.41) is 6.75. The highest BCUT2D eigenvalue weighted by Gasteiger charge is 2.36. The molecule has 1 spiro atoms. The fourth-order valence-electron chi connectivity index (χ4n) is 2.20. The third-order valence-corrected chi connectivity index (χ3v) is 2.97. The van der Waals surface area contributed by atoms with E-state index in [2.05, 4.69) is 17.2 Å². The van der Waals surface area contributed by atoms with Gasteiger partial charge in [-0.2, -0.15) is 0 Å². The minimum absolute atomic E-state index is 0.572. The minimum atomic E-state index is 0.572. The maximum absolute atomic E-state index is 3.97. The lowest BCUT2D eigenvalue weighted by Gasteiger charge is -2.32. The fourth-order valence-corrected chi connectivity index (χ4v) is 2.20. The summed E-state index contributed by atoms with van der Waals surface area (Å²) in [6.07, 6.45) is 3.84. The van der Waals surface area contributed by atoms with Crippen LogP contribution in [0.3, 0.4) is 0 Å². The number of nitrogens with one attached hydrogen (secondary N) is 2. The van der Waals surface area contributed by atoms with Gasteiger partial charge in [-0.05, 0) is 37.8 Å². The van der Waals surface area contributed by atoms with Gasteiger partial charge in [0.15, 0.2) is 0 Å². The molecule has 2 fully saturated rings. The minimum Gasteiger partial charge on any atom is -0.388 e. The second kappa shape index (κ2) is 2.52. The molecule has 11 heavy (non-hydrogen) atoms. The molecule has 0 bridgehead atoms. The Labute approximate surface area is 68.1 Å². The van der Waals surface area contributed by atoms with Crippen LogP contribution in [-0.4, -0.2) is 19.6 Å². The fraction of sp³-hybridized carbons (Fsp3) is 0.778. The van der Waals surface area contributed by atoms with E-state index in [1.807, 2.05) is 0 Å². The molecule has 0 radical (unpaired) electrons. The molecule has 0 aliphatic carbocycles. The quantitative estimate of drug-likeness (QED) is 0.538. The van der Waals surface area contributed by atoms with E-state index in [4.69, 9.17) is 0 Å². The maximum atomic E-state index is 3.97. The average Bonchev–Trinajstić information content (AvgIpc) is 2.34. The van der Waals surface area contributed by atoms with Crippen molar-refractivity contribution in [3.8, 4) is 0 Å². The molecule has 2 rings (SSSR count). The third-order valence-electron chi connectivity index (χ3n) is 2.97. The van der Waals surface area contributed by atoms with E-state index < -0.39 is 0 Å². The van der Waals surface area contributed by atoms with Crippen molar-refractivity contribution < 1.29 is 0 Å². The van der Waals surface area contributed by atoms with Crippen LogP contribution in [0.1, 0.15) is 19.3 Å². The molecule has 2 aliphatic heterocycles. The molecule has 2 N–H and O–H groups in total. The van der Waals surface area contributed by atoms with E-state index in [0.717, 1.165) is 6.54 Å². The molecule has 0 aromatic carbocycles. The van der Waals surface area contributed by atoms with Gasteiger partial charge in [-0.3, -0.25) is 0 Å². The van der Waals surface area contributed by atoms with Gasteiger partial charge in [-0.25, -0.2) is 0 Å². The van der Waals surface area contributed by atoms with Crippen LogP contribution in [0, 0.1) is 5.41 Å². The van der Waals surface area contributed by atoms with Crippen LogP contribution in [0.4, 0.5) is 0 Å². The van der Waals surface area contributed by atoms with Gasteiger partial charge in [0.2, 0.25) is 0 Å².